The normalized spacial score (nSPS) is 15.1. The van der Waals surface area contributed by atoms with Crippen molar-refractivity contribution in [3.05, 3.63) is 0 Å². The van der Waals surface area contributed by atoms with E-state index in [1.165, 1.54) is 0 Å². The van der Waals surface area contributed by atoms with Crippen LogP contribution >= 0.6 is 0 Å². The maximum absolute atomic E-state index is 12.4. The van der Waals surface area contributed by atoms with E-state index in [4.69, 9.17) is 0 Å². The third kappa shape index (κ3) is 3.36. The summed E-state index contributed by atoms with van der Waals surface area (Å²) in [7, 11) is -13.4. The molecule has 0 unspecified atom stereocenters. The minimum Gasteiger partial charge on any atom is -0.202 e. The third-order valence-corrected chi connectivity index (χ3v) is 6.19. The first-order chi connectivity index (χ1) is 8.64. The monoisotopic (exact) mass is 351 g/mol. The molecule has 0 heterocycles. The van der Waals surface area contributed by atoms with Crippen LogP contribution in [0.3, 0.4) is 0 Å². The number of rotatable bonds is 5. The zero-order valence-electron chi connectivity index (χ0n) is 10.2. The van der Waals surface area contributed by atoms with Gasteiger partial charge in [0.25, 0.3) is 0 Å². The second-order valence-corrected chi connectivity index (χ2v) is 7.44. The van der Waals surface area contributed by atoms with E-state index in [0.717, 1.165) is 13.8 Å². The summed E-state index contributed by atoms with van der Waals surface area (Å²) >= 11 is 0. The molecule has 0 amide bonds. The molecule has 0 spiro atoms. The average molecular weight is 351 g/mol. The summed E-state index contributed by atoms with van der Waals surface area (Å²) in [4.78, 5) is 0. The SMILES string of the molecule is CCC(CC)N(S(=O)(=O)C(F)(F)F)S(=O)(=O)C(F)(F)F. The lowest BCUT2D eigenvalue weighted by Crippen LogP contribution is -2.53. The molecule has 0 aliphatic heterocycles. The minimum atomic E-state index is -6.68. The molecule has 0 aliphatic rings. The van der Waals surface area contributed by atoms with Crippen molar-refractivity contribution in [1.29, 1.82) is 0 Å². The summed E-state index contributed by atoms with van der Waals surface area (Å²) < 4.78 is 117. The van der Waals surface area contributed by atoms with Crippen LogP contribution in [-0.4, -0.2) is 37.6 Å². The van der Waals surface area contributed by atoms with E-state index in [0.29, 0.717) is 0 Å². The summed E-state index contributed by atoms with van der Waals surface area (Å²) in [6, 6.07) is -1.98. The van der Waals surface area contributed by atoms with E-state index in [1.807, 2.05) is 0 Å². The maximum atomic E-state index is 12.4. The number of nitrogens with zero attached hydrogens (tertiary/aromatic N) is 1. The van der Waals surface area contributed by atoms with Gasteiger partial charge >= 0.3 is 31.1 Å². The molecule has 5 nitrogen and oxygen atoms in total. The first kappa shape index (κ1) is 19.4. The van der Waals surface area contributed by atoms with Crippen molar-refractivity contribution < 1.29 is 43.2 Å². The van der Waals surface area contributed by atoms with Crippen molar-refractivity contribution in [2.45, 2.75) is 43.7 Å². The smallest absolute Gasteiger partial charge is 0.202 e. The molecule has 20 heavy (non-hydrogen) atoms. The molecule has 0 bridgehead atoms. The fraction of sp³-hybridized carbons (Fsp3) is 1.00. The summed E-state index contributed by atoms with van der Waals surface area (Å²) in [5.41, 5.74) is -12.3. The van der Waals surface area contributed by atoms with Crippen molar-refractivity contribution >= 4 is 20.0 Å². The Morgan fingerprint density at radius 1 is 0.800 bits per heavy atom. The number of hydrogen-bond acceptors (Lipinski definition) is 4. The molecule has 13 heteroatoms. The fourth-order valence-electron chi connectivity index (χ4n) is 1.31. The van der Waals surface area contributed by atoms with Crippen molar-refractivity contribution in [3.8, 4) is 0 Å². The average Bonchev–Trinajstić information content (AvgIpc) is 2.21. The van der Waals surface area contributed by atoms with Crippen LogP contribution in [0.15, 0.2) is 0 Å². The molecular weight excluding hydrogens is 340 g/mol. The maximum Gasteiger partial charge on any atom is 0.512 e. The Kier molecular flexibility index (Phi) is 5.52. The first-order valence-corrected chi connectivity index (χ1v) is 7.94. The van der Waals surface area contributed by atoms with Gasteiger partial charge in [-0.25, -0.2) is 16.8 Å². The predicted molar refractivity (Wildman–Crippen MR) is 56.2 cm³/mol. The van der Waals surface area contributed by atoms with Crippen LogP contribution in [0.5, 0.6) is 0 Å². The van der Waals surface area contributed by atoms with Crippen LogP contribution in [0.1, 0.15) is 26.7 Å². The van der Waals surface area contributed by atoms with E-state index in [-0.39, 0.29) is 0 Å². The van der Waals surface area contributed by atoms with E-state index in [9.17, 15) is 43.2 Å². The van der Waals surface area contributed by atoms with Crippen molar-refractivity contribution in [3.63, 3.8) is 0 Å². The molecule has 0 N–H and O–H groups in total. The molecule has 0 aromatic rings. The lowest BCUT2D eigenvalue weighted by molar-refractivity contribution is -0.0545. The van der Waals surface area contributed by atoms with Crippen LogP contribution in [0, 0.1) is 0 Å². The van der Waals surface area contributed by atoms with Gasteiger partial charge in [0.1, 0.15) is 0 Å². The van der Waals surface area contributed by atoms with Crippen molar-refractivity contribution in [2.75, 3.05) is 0 Å². The molecule has 0 radical (unpaired) electrons. The quantitative estimate of drug-likeness (QED) is 0.712. The van der Waals surface area contributed by atoms with Gasteiger partial charge in [0.15, 0.2) is 0 Å². The predicted octanol–water partition coefficient (Wildman–Crippen LogP) is 2.18. The molecule has 122 valence electrons. The highest BCUT2D eigenvalue weighted by Gasteiger charge is 2.62. The van der Waals surface area contributed by atoms with Crippen LogP contribution in [0.2, 0.25) is 0 Å². The summed E-state index contributed by atoms with van der Waals surface area (Å²) in [5, 5.41) is 0. The Morgan fingerprint density at radius 2 is 1.05 bits per heavy atom. The lowest BCUT2D eigenvalue weighted by atomic mass is 10.2. The third-order valence-electron chi connectivity index (χ3n) is 2.30. The van der Waals surface area contributed by atoms with Crippen LogP contribution in [0.4, 0.5) is 26.3 Å². The molecule has 0 aromatic carbocycles. The Morgan fingerprint density at radius 3 is 1.20 bits per heavy atom. The first-order valence-electron chi connectivity index (χ1n) is 5.06. The van der Waals surface area contributed by atoms with E-state index in [2.05, 4.69) is 0 Å². The van der Waals surface area contributed by atoms with Crippen molar-refractivity contribution in [2.24, 2.45) is 0 Å². The highest BCUT2D eigenvalue weighted by molar-refractivity contribution is 8.04. The molecule has 0 saturated carbocycles. The van der Waals surface area contributed by atoms with Gasteiger partial charge in [-0.1, -0.05) is 17.6 Å². The summed E-state index contributed by atoms with van der Waals surface area (Å²) in [6.45, 7) is 2.14. The Bertz CT molecular complexity index is 487. The molecule has 0 aromatic heterocycles. The fourth-order valence-corrected chi connectivity index (χ4v) is 4.64. The van der Waals surface area contributed by atoms with Gasteiger partial charge in [0.05, 0.1) is 0 Å². The van der Waals surface area contributed by atoms with Gasteiger partial charge < -0.3 is 0 Å². The number of sulfonamides is 2. The Balaban J connectivity index is 6.33. The summed E-state index contributed by atoms with van der Waals surface area (Å²) in [5.74, 6) is 0. The van der Waals surface area contributed by atoms with E-state index < -0.39 is 53.7 Å². The highest BCUT2D eigenvalue weighted by atomic mass is 32.3. The van der Waals surface area contributed by atoms with E-state index in [1.54, 1.807) is 0 Å². The van der Waals surface area contributed by atoms with Gasteiger partial charge in [-0.2, -0.15) is 26.3 Å². The largest absolute Gasteiger partial charge is 0.512 e. The van der Waals surface area contributed by atoms with Gasteiger partial charge in [0, 0.05) is 6.04 Å². The van der Waals surface area contributed by atoms with E-state index >= 15 is 0 Å². The molecule has 0 rings (SSSR count). The number of halogens is 6. The molecule has 0 fully saturated rings. The van der Waals surface area contributed by atoms with Gasteiger partial charge in [-0.3, -0.25) is 0 Å². The van der Waals surface area contributed by atoms with Crippen molar-refractivity contribution in [1.82, 2.24) is 3.71 Å². The Hall–Kier alpha value is -0.560. The zero-order valence-corrected chi connectivity index (χ0v) is 11.8. The van der Waals surface area contributed by atoms with Gasteiger partial charge in [-0.05, 0) is 12.8 Å². The minimum absolute atomic E-state index is 0.541. The van der Waals surface area contributed by atoms with Crippen LogP contribution < -0.4 is 0 Å². The molecular formula is C7H11F6NO4S2. The lowest BCUT2D eigenvalue weighted by Gasteiger charge is -2.29. The topological polar surface area (TPSA) is 71.5 Å². The molecule has 0 aliphatic carbocycles. The standard InChI is InChI=1S/C7H11F6NO4S2/c1-3-5(4-2)14(19(15,16)6(8,9)10)20(17,18)7(11,12)13/h5H,3-4H2,1-2H3. The van der Waals surface area contributed by atoms with Gasteiger partial charge in [0.2, 0.25) is 0 Å². The molecule has 0 atom stereocenters. The number of hydrogen-bond donors (Lipinski definition) is 0. The number of alkyl halides is 6. The Labute approximate surface area is 111 Å². The highest BCUT2D eigenvalue weighted by Crippen LogP contribution is 2.37. The van der Waals surface area contributed by atoms with Crippen LogP contribution in [-0.2, 0) is 20.0 Å². The van der Waals surface area contributed by atoms with Gasteiger partial charge in [-0.15, -0.1) is 0 Å². The molecule has 0 saturated heterocycles. The second-order valence-electron chi connectivity index (χ2n) is 3.60. The summed E-state index contributed by atoms with van der Waals surface area (Å²) in [6.07, 6.45) is -1.08. The second kappa shape index (κ2) is 5.67. The zero-order chi connectivity index (χ0) is 16.6. The van der Waals surface area contributed by atoms with Crippen LogP contribution in [0.25, 0.3) is 0 Å².